The number of urea groups is 1. The Morgan fingerprint density at radius 1 is 1.32 bits per heavy atom. The van der Waals surface area contributed by atoms with E-state index >= 15 is 0 Å². The van der Waals surface area contributed by atoms with Crippen LogP contribution in [0.4, 0.5) is 4.79 Å². The zero-order valence-corrected chi connectivity index (χ0v) is 14.2. The van der Waals surface area contributed by atoms with Gasteiger partial charge in [0.2, 0.25) is 5.91 Å². The molecule has 2 heterocycles. The number of carbonyl (C=O) groups is 2. The van der Waals surface area contributed by atoms with E-state index in [4.69, 9.17) is 4.52 Å². The van der Waals surface area contributed by atoms with Crippen molar-refractivity contribution in [2.75, 3.05) is 6.54 Å². The Kier molecular flexibility index (Phi) is 5.33. The van der Waals surface area contributed by atoms with Crippen LogP contribution in [0.1, 0.15) is 30.6 Å². The first-order valence-electron chi connectivity index (χ1n) is 8.46. The number of hydrogen-bond donors (Lipinski definition) is 3. The molecule has 3 amide bonds. The molecule has 0 spiro atoms. The predicted molar refractivity (Wildman–Crippen MR) is 92.7 cm³/mol. The van der Waals surface area contributed by atoms with Gasteiger partial charge in [-0.25, -0.2) is 4.79 Å². The van der Waals surface area contributed by atoms with Crippen LogP contribution in [0.25, 0.3) is 11.3 Å². The number of amides is 3. The number of rotatable bonds is 4. The van der Waals surface area contributed by atoms with E-state index in [1.165, 1.54) is 5.56 Å². The molecule has 0 aliphatic carbocycles. The summed E-state index contributed by atoms with van der Waals surface area (Å²) < 4.78 is 5.26. The SMILES string of the molecule is Cc1ccc(-c2cc(CNC(=O)N[C@@H]3CCCCNC3=O)on2)cc1. The van der Waals surface area contributed by atoms with Gasteiger partial charge in [0, 0.05) is 18.2 Å². The highest BCUT2D eigenvalue weighted by Gasteiger charge is 2.22. The Morgan fingerprint density at radius 2 is 2.12 bits per heavy atom. The van der Waals surface area contributed by atoms with Crippen LogP contribution in [-0.4, -0.2) is 29.7 Å². The van der Waals surface area contributed by atoms with Gasteiger partial charge in [0.25, 0.3) is 0 Å². The number of hydrogen-bond acceptors (Lipinski definition) is 4. The van der Waals surface area contributed by atoms with Gasteiger partial charge in [-0.2, -0.15) is 0 Å². The smallest absolute Gasteiger partial charge is 0.315 e. The molecule has 0 saturated carbocycles. The minimum Gasteiger partial charge on any atom is -0.359 e. The van der Waals surface area contributed by atoms with E-state index in [1.807, 2.05) is 31.2 Å². The molecule has 132 valence electrons. The van der Waals surface area contributed by atoms with Crippen LogP contribution < -0.4 is 16.0 Å². The topological polar surface area (TPSA) is 96.3 Å². The third-order valence-electron chi connectivity index (χ3n) is 4.17. The maximum atomic E-state index is 12.0. The summed E-state index contributed by atoms with van der Waals surface area (Å²) in [5, 5.41) is 12.2. The second-order valence-electron chi connectivity index (χ2n) is 6.21. The average molecular weight is 342 g/mol. The predicted octanol–water partition coefficient (Wildman–Crippen LogP) is 2.12. The summed E-state index contributed by atoms with van der Waals surface area (Å²) in [4.78, 5) is 23.8. The fraction of sp³-hybridized carbons (Fsp3) is 0.389. The van der Waals surface area contributed by atoms with Crippen molar-refractivity contribution >= 4 is 11.9 Å². The van der Waals surface area contributed by atoms with Crippen LogP contribution in [0.2, 0.25) is 0 Å². The van der Waals surface area contributed by atoms with Gasteiger partial charge < -0.3 is 20.5 Å². The van der Waals surface area contributed by atoms with E-state index in [0.717, 1.165) is 24.1 Å². The quantitative estimate of drug-likeness (QED) is 0.793. The highest BCUT2D eigenvalue weighted by Crippen LogP contribution is 2.19. The van der Waals surface area contributed by atoms with Crippen LogP contribution in [0.5, 0.6) is 0 Å². The highest BCUT2D eigenvalue weighted by molar-refractivity contribution is 5.87. The van der Waals surface area contributed by atoms with Crippen molar-refractivity contribution in [3.8, 4) is 11.3 Å². The molecule has 3 N–H and O–H groups in total. The van der Waals surface area contributed by atoms with Gasteiger partial charge in [-0.05, 0) is 26.2 Å². The zero-order chi connectivity index (χ0) is 17.6. The molecule has 1 aromatic carbocycles. The van der Waals surface area contributed by atoms with Crippen LogP contribution >= 0.6 is 0 Å². The summed E-state index contributed by atoms with van der Waals surface area (Å²) in [6, 6.07) is 8.88. The Balaban J connectivity index is 1.52. The first-order valence-corrected chi connectivity index (χ1v) is 8.46. The Morgan fingerprint density at radius 3 is 2.92 bits per heavy atom. The summed E-state index contributed by atoms with van der Waals surface area (Å²) in [5.41, 5.74) is 2.86. The van der Waals surface area contributed by atoms with Crippen molar-refractivity contribution < 1.29 is 14.1 Å². The van der Waals surface area contributed by atoms with Crippen LogP contribution in [-0.2, 0) is 11.3 Å². The van der Waals surface area contributed by atoms with Crippen molar-refractivity contribution in [3.63, 3.8) is 0 Å². The lowest BCUT2D eigenvalue weighted by molar-refractivity contribution is -0.122. The molecule has 0 unspecified atom stereocenters. The highest BCUT2D eigenvalue weighted by atomic mass is 16.5. The van der Waals surface area contributed by atoms with E-state index in [0.29, 0.717) is 18.7 Å². The van der Waals surface area contributed by atoms with Crippen LogP contribution in [0, 0.1) is 6.92 Å². The Labute approximate surface area is 146 Å². The minimum absolute atomic E-state index is 0.131. The molecule has 1 aliphatic rings. The summed E-state index contributed by atoms with van der Waals surface area (Å²) in [6.07, 6.45) is 2.50. The zero-order valence-electron chi connectivity index (χ0n) is 14.2. The molecular weight excluding hydrogens is 320 g/mol. The normalized spacial score (nSPS) is 17.5. The Bertz CT molecular complexity index is 739. The molecule has 25 heavy (non-hydrogen) atoms. The molecule has 1 aromatic heterocycles. The lowest BCUT2D eigenvalue weighted by atomic mass is 10.1. The number of nitrogens with one attached hydrogen (secondary N) is 3. The molecular formula is C18H22N4O3. The monoisotopic (exact) mass is 342 g/mol. The van der Waals surface area contributed by atoms with Gasteiger partial charge in [-0.15, -0.1) is 0 Å². The van der Waals surface area contributed by atoms with Crippen LogP contribution in [0.15, 0.2) is 34.9 Å². The summed E-state index contributed by atoms with van der Waals surface area (Å²) in [5.74, 6) is 0.421. The van der Waals surface area contributed by atoms with Crippen molar-refractivity contribution in [2.24, 2.45) is 0 Å². The fourth-order valence-electron chi connectivity index (χ4n) is 2.71. The molecule has 3 rings (SSSR count). The van der Waals surface area contributed by atoms with Crippen molar-refractivity contribution in [1.82, 2.24) is 21.1 Å². The van der Waals surface area contributed by atoms with E-state index in [9.17, 15) is 9.59 Å². The molecule has 1 aliphatic heterocycles. The minimum atomic E-state index is -0.486. The van der Waals surface area contributed by atoms with Crippen molar-refractivity contribution in [3.05, 3.63) is 41.7 Å². The van der Waals surface area contributed by atoms with E-state index in [-0.39, 0.29) is 12.5 Å². The second kappa shape index (κ2) is 7.83. The van der Waals surface area contributed by atoms with Crippen molar-refractivity contribution in [2.45, 2.75) is 38.8 Å². The van der Waals surface area contributed by atoms with Gasteiger partial charge in [-0.3, -0.25) is 4.79 Å². The summed E-state index contributed by atoms with van der Waals surface area (Å²) >= 11 is 0. The van der Waals surface area contributed by atoms with E-state index < -0.39 is 12.1 Å². The van der Waals surface area contributed by atoms with Gasteiger partial charge in [0.15, 0.2) is 5.76 Å². The summed E-state index contributed by atoms with van der Waals surface area (Å²) in [6.45, 7) is 2.90. The second-order valence-corrected chi connectivity index (χ2v) is 6.21. The number of carbonyl (C=O) groups excluding carboxylic acids is 2. The molecule has 7 heteroatoms. The molecule has 1 atom stereocenters. The number of aromatic nitrogens is 1. The lowest BCUT2D eigenvalue weighted by Crippen LogP contribution is -2.48. The van der Waals surface area contributed by atoms with Crippen molar-refractivity contribution in [1.29, 1.82) is 0 Å². The number of benzene rings is 1. The molecule has 0 bridgehead atoms. The van der Waals surface area contributed by atoms with Gasteiger partial charge in [0.05, 0.1) is 6.54 Å². The fourth-order valence-corrected chi connectivity index (χ4v) is 2.71. The lowest BCUT2D eigenvalue weighted by Gasteiger charge is -2.15. The largest absolute Gasteiger partial charge is 0.359 e. The van der Waals surface area contributed by atoms with Gasteiger partial charge in [-0.1, -0.05) is 35.0 Å². The first kappa shape index (κ1) is 17.0. The molecule has 1 saturated heterocycles. The number of aryl methyl sites for hydroxylation is 1. The summed E-state index contributed by atoms with van der Waals surface area (Å²) in [7, 11) is 0. The maximum absolute atomic E-state index is 12.0. The van der Waals surface area contributed by atoms with E-state index in [2.05, 4.69) is 21.1 Å². The third kappa shape index (κ3) is 4.59. The van der Waals surface area contributed by atoms with Gasteiger partial charge in [0.1, 0.15) is 11.7 Å². The maximum Gasteiger partial charge on any atom is 0.315 e. The average Bonchev–Trinajstić information content (AvgIpc) is 2.99. The van der Waals surface area contributed by atoms with Crippen LogP contribution in [0.3, 0.4) is 0 Å². The van der Waals surface area contributed by atoms with E-state index in [1.54, 1.807) is 6.07 Å². The van der Waals surface area contributed by atoms with Gasteiger partial charge >= 0.3 is 6.03 Å². The molecule has 7 nitrogen and oxygen atoms in total. The molecule has 0 radical (unpaired) electrons. The third-order valence-corrected chi connectivity index (χ3v) is 4.17. The number of nitrogens with zero attached hydrogens (tertiary/aromatic N) is 1. The molecule has 1 fully saturated rings. The standard InChI is InChI=1S/C18H22N4O3/c1-12-5-7-13(8-6-12)16-10-14(25-22-16)11-20-18(24)21-15-4-2-3-9-19-17(15)23/h5-8,10,15H,2-4,9,11H2,1H3,(H,19,23)(H2,20,21,24)/t15-/m1/s1. The Hall–Kier alpha value is -2.83. The first-order chi connectivity index (χ1) is 12.1. The molecule has 2 aromatic rings.